The topological polar surface area (TPSA) is 136 Å². The van der Waals surface area contributed by atoms with Crippen molar-refractivity contribution in [3.8, 4) is 0 Å². The Labute approximate surface area is 149 Å². The zero-order valence-corrected chi connectivity index (χ0v) is 14.2. The maximum absolute atomic E-state index is 12.0. The molecule has 0 bridgehead atoms. The molecule has 2 atom stereocenters. The van der Waals surface area contributed by atoms with E-state index in [0.717, 1.165) is 0 Å². The van der Waals surface area contributed by atoms with Crippen LogP contribution in [-0.4, -0.2) is 40.5 Å². The van der Waals surface area contributed by atoms with Crippen LogP contribution in [0.1, 0.15) is 37.7 Å². The van der Waals surface area contributed by atoms with Gasteiger partial charge in [-0.1, -0.05) is 12.1 Å². The minimum atomic E-state index is -1.34. The average molecular weight is 364 g/mol. The van der Waals surface area contributed by atoms with E-state index in [1.54, 1.807) is 6.92 Å². The third-order valence-corrected chi connectivity index (χ3v) is 4.14. The Hall–Kier alpha value is -2.97. The Morgan fingerprint density at radius 1 is 1.31 bits per heavy atom. The number of carbonyl (C=O) groups is 3. The molecule has 9 nitrogen and oxygen atoms in total. The minimum Gasteiger partial charge on any atom is -0.480 e. The van der Waals surface area contributed by atoms with Crippen molar-refractivity contribution in [2.45, 2.75) is 38.1 Å². The number of nitrogens with zero attached hydrogens (tertiary/aromatic N) is 1. The Balaban J connectivity index is 2.29. The highest BCUT2D eigenvalue weighted by Crippen LogP contribution is 2.31. The van der Waals surface area contributed by atoms with Gasteiger partial charge < -0.3 is 15.2 Å². The number of ether oxygens (including phenoxy) is 1. The fraction of sp³-hybridized carbons (Fsp3) is 0.471. The van der Waals surface area contributed by atoms with Gasteiger partial charge in [-0.2, -0.15) is 0 Å². The van der Waals surface area contributed by atoms with E-state index < -0.39 is 28.8 Å². The zero-order chi connectivity index (χ0) is 19.3. The van der Waals surface area contributed by atoms with Crippen molar-refractivity contribution in [3.63, 3.8) is 0 Å². The number of benzene rings is 1. The highest BCUT2D eigenvalue weighted by molar-refractivity contribution is 5.87. The van der Waals surface area contributed by atoms with Gasteiger partial charge in [0.15, 0.2) is 0 Å². The molecule has 0 heterocycles. The van der Waals surface area contributed by atoms with Crippen LogP contribution in [0.5, 0.6) is 0 Å². The van der Waals surface area contributed by atoms with Crippen LogP contribution in [0.3, 0.4) is 0 Å². The number of aliphatic carboxylic acids is 1. The minimum absolute atomic E-state index is 0.137. The normalized spacial score (nSPS) is 15.6. The van der Waals surface area contributed by atoms with E-state index in [1.165, 1.54) is 24.3 Å². The molecule has 26 heavy (non-hydrogen) atoms. The second kappa shape index (κ2) is 8.41. The van der Waals surface area contributed by atoms with Crippen LogP contribution in [0.15, 0.2) is 24.3 Å². The molecular weight excluding hydrogens is 344 g/mol. The van der Waals surface area contributed by atoms with Gasteiger partial charge in [0, 0.05) is 24.0 Å². The number of carboxylic acids is 1. The first kappa shape index (κ1) is 19.4. The van der Waals surface area contributed by atoms with Crippen molar-refractivity contribution in [2.24, 2.45) is 5.92 Å². The maximum atomic E-state index is 12.0. The lowest BCUT2D eigenvalue weighted by molar-refractivity contribution is -0.384. The second-order valence-corrected chi connectivity index (χ2v) is 6.06. The lowest BCUT2D eigenvalue weighted by Crippen LogP contribution is -2.46. The summed E-state index contributed by atoms with van der Waals surface area (Å²) in [5, 5.41) is 22.8. The highest BCUT2D eigenvalue weighted by atomic mass is 16.6. The molecule has 0 aromatic heterocycles. The van der Waals surface area contributed by atoms with Crippen LogP contribution in [0.2, 0.25) is 0 Å². The van der Waals surface area contributed by atoms with E-state index in [-0.39, 0.29) is 30.5 Å². The third kappa shape index (κ3) is 5.01. The molecule has 0 radical (unpaired) electrons. The molecular formula is C17H20N2O7. The van der Waals surface area contributed by atoms with Crippen LogP contribution >= 0.6 is 0 Å². The van der Waals surface area contributed by atoms with E-state index >= 15 is 0 Å². The van der Waals surface area contributed by atoms with E-state index in [9.17, 15) is 29.6 Å². The number of nitro groups is 1. The standard InChI is InChI=1S/C17H20N2O7/c1-2-26-14(20)9-13(10-5-7-12(8-6-10)19(24)25)15(17(22)23)18-16(21)11-3-4-11/h5-8,11,13,15H,2-4,9H2,1H3,(H,18,21)(H,22,23)/t13-,15+/m1/s1. The lowest BCUT2D eigenvalue weighted by Gasteiger charge is -2.24. The number of carbonyl (C=O) groups excluding carboxylic acids is 2. The second-order valence-electron chi connectivity index (χ2n) is 6.06. The zero-order valence-electron chi connectivity index (χ0n) is 14.2. The molecule has 1 aliphatic carbocycles. The summed E-state index contributed by atoms with van der Waals surface area (Å²) in [6.07, 6.45) is 1.14. The number of hydrogen-bond acceptors (Lipinski definition) is 6. The van der Waals surface area contributed by atoms with Gasteiger partial charge in [-0.05, 0) is 25.3 Å². The first-order chi connectivity index (χ1) is 12.3. The third-order valence-electron chi connectivity index (χ3n) is 4.14. The van der Waals surface area contributed by atoms with Crippen molar-refractivity contribution in [1.82, 2.24) is 5.32 Å². The summed E-state index contributed by atoms with van der Waals surface area (Å²) in [5.74, 6) is -3.37. The Morgan fingerprint density at radius 3 is 2.38 bits per heavy atom. The summed E-state index contributed by atoms with van der Waals surface area (Å²) in [5.41, 5.74) is 0.240. The van der Waals surface area contributed by atoms with Gasteiger partial charge in [0.05, 0.1) is 18.0 Å². The van der Waals surface area contributed by atoms with Gasteiger partial charge in [0.25, 0.3) is 5.69 Å². The predicted molar refractivity (Wildman–Crippen MR) is 89.4 cm³/mol. The number of non-ortho nitro benzene ring substituents is 1. The Bertz CT molecular complexity index is 698. The van der Waals surface area contributed by atoms with Crippen molar-refractivity contribution in [3.05, 3.63) is 39.9 Å². The summed E-state index contributed by atoms with van der Waals surface area (Å²) in [7, 11) is 0. The molecule has 1 aliphatic rings. The van der Waals surface area contributed by atoms with E-state index in [2.05, 4.69) is 5.32 Å². The number of nitro benzene ring substituents is 1. The first-order valence-electron chi connectivity index (χ1n) is 8.26. The Morgan fingerprint density at radius 2 is 1.92 bits per heavy atom. The number of nitrogens with one attached hydrogen (secondary N) is 1. The molecule has 9 heteroatoms. The summed E-state index contributed by atoms with van der Waals surface area (Å²) >= 11 is 0. The molecule has 1 saturated carbocycles. The number of carboxylic acid groups (broad SMARTS) is 1. The van der Waals surface area contributed by atoms with Crippen molar-refractivity contribution in [2.75, 3.05) is 6.61 Å². The summed E-state index contributed by atoms with van der Waals surface area (Å²) in [4.78, 5) is 45.9. The maximum Gasteiger partial charge on any atom is 0.326 e. The SMILES string of the molecule is CCOC(=O)C[C@H](c1ccc([N+](=O)[O-])cc1)[C@H](NC(=O)C1CC1)C(=O)O. The molecule has 1 aromatic rings. The van der Waals surface area contributed by atoms with Crippen molar-refractivity contribution < 1.29 is 29.2 Å². The van der Waals surface area contributed by atoms with Gasteiger partial charge in [0.2, 0.25) is 5.91 Å². The van der Waals surface area contributed by atoms with Gasteiger partial charge in [-0.3, -0.25) is 19.7 Å². The molecule has 0 spiro atoms. The van der Waals surface area contributed by atoms with Gasteiger partial charge in [-0.15, -0.1) is 0 Å². The van der Waals surface area contributed by atoms with Crippen LogP contribution < -0.4 is 5.32 Å². The molecule has 1 aromatic carbocycles. The quantitative estimate of drug-likeness (QED) is 0.386. The number of hydrogen-bond donors (Lipinski definition) is 2. The predicted octanol–water partition coefficient (Wildman–Crippen LogP) is 1.61. The van der Waals surface area contributed by atoms with E-state index in [1.807, 2.05) is 0 Å². The van der Waals surface area contributed by atoms with Crippen molar-refractivity contribution in [1.29, 1.82) is 0 Å². The number of esters is 1. The monoisotopic (exact) mass is 364 g/mol. The van der Waals surface area contributed by atoms with E-state index in [0.29, 0.717) is 18.4 Å². The van der Waals surface area contributed by atoms with Crippen LogP contribution in [0.25, 0.3) is 0 Å². The van der Waals surface area contributed by atoms with Crippen LogP contribution in [-0.2, 0) is 19.1 Å². The molecule has 2 rings (SSSR count). The van der Waals surface area contributed by atoms with E-state index in [4.69, 9.17) is 4.74 Å². The largest absolute Gasteiger partial charge is 0.480 e. The summed E-state index contributed by atoms with van der Waals surface area (Å²) in [6.45, 7) is 1.76. The molecule has 0 aliphatic heterocycles. The van der Waals surface area contributed by atoms with Gasteiger partial charge >= 0.3 is 11.9 Å². The van der Waals surface area contributed by atoms with Gasteiger partial charge in [-0.25, -0.2) is 4.79 Å². The smallest absolute Gasteiger partial charge is 0.326 e. The van der Waals surface area contributed by atoms with Gasteiger partial charge in [0.1, 0.15) is 6.04 Å². The molecule has 0 unspecified atom stereocenters. The fourth-order valence-corrected chi connectivity index (χ4v) is 2.62. The molecule has 140 valence electrons. The fourth-order valence-electron chi connectivity index (χ4n) is 2.62. The average Bonchev–Trinajstić information content (AvgIpc) is 3.43. The summed E-state index contributed by atoms with van der Waals surface area (Å²) < 4.78 is 4.90. The highest BCUT2D eigenvalue weighted by Gasteiger charge is 2.37. The Kier molecular flexibility index (Phi) is 6.26. The molecule has 1 fully saturated rings. The van der Waals surface area contributed by atoms with Crippen LogP contribution in [0, 0.1) is 16.0 Å². The van der Waals surface area contributed by atoms with Crippen molar-refractivity contribution >= 4 is 23.5 Å². The van der Waals surface area contributed by atoms with Crippen LogP contribution in [0.4, 0.5) is 5.69 Å². The number of rotatable bonds is 9. The lowest BCUT2D eigenvalue weighted by atomic mass is 9.88. The molecule has 2 N–H and O–H groups in total. The molecule has 0 saturated heterocycles. The molecule has 1 amide bonds. The first-order valence-corrected chi connectivity index (χ1v) is 8.26. The number of amides is 1. The summed E-state index contributed by atoms with van der Waals surface area (Å²) in [6, 6.07) is 3.90.